The second-order valence-electron chi connectivity index (χ2n) is 8.77. The van der Waals surface area contributed by atoms with E-state index in [2.05, 4.69) is 9.83 Å². The third kappa shape index (κ3) is 3.66. The quantitative estimate of drug-likeness (QED) is 0.501. The second-order valence-corrected chi connectivity index (χ2v) is 8.77. The summed E-state index contributed by atoms with van der Waals surface area (Å²) in [5.74, 6) is 0.615. The number of hydrogen-bond donors (Lipinski definition) is 2. The molecule has 4 rings (SSSR count). The molecule has 0 aliphatic carbocycles. The van der Waals surface area contributed by atoms with Crippen LogP contribution in [-0.2, 0) is 18.3 Å². The van der Waals surface area contributed by atoms with Crippen LogP contribution >= 0.6 is 0 Å². The van der Waals surface area contributed by atoms with Gasteiger partial charge in [0.1, 0.15) is 5.75 Å². The largest absolute Gasteiger partial charge is 0.493 e. The maximum Gasteiger partial charge on any atom is 0.417 e. The monoisotopic (exact) mass is 428 g/mol. The minimum Gasteiger partial charge on any atom is -0.493 e. The smallest absolute Gasteiger partial charge is 0.417 e. The molecule has 0 spiro atoms. The molecular formula is C24H23F3N2O2. The lowest BCUT2D eigenvalue weighted by Crippen LogP contribution is -2.51. The Morgan fingerprint density at radius 1 is 1.13 bits per heavy atom. The lowest BCUT2D eigenvalue weighted by Gasteiger charge is -2.38. The molecule has 31 heavy (non-hydrogen) atoms. The highest BCUT2D eigenvalue weighted by Gasteiger charge is 2.56. The van der Waals surface area contributed by atoms with Crippen LogP contribution < -0.4 is 4.74 Å². The van der Waals surface area contributed by atoms with Gasteiger partial charge in [-0.2, -0.15) is 13.2 Å². The van der Waals surface area contributed by atoms with Crippen molar-refractivity contribution in [2.24, 2.45) is 0 Å². The molecule has 1 aliphatic heterocycles. The summed E-state index contributed by atoms with van der Waals surface area (Å²) < 4.78 is 48.4. The van der Waals surface area contributed by atoms with Gasteiger partial charge in [-0.05, 0) is 23.5 Å². The summed E-state index contributed by atoms with van der Waals surface area (Å²) in [7, 11) is 0. The van der Waals surface area contributed by atoms with E-state index in [9.17, 15) is 18.3 Å². The van der Waals surface area contributed by atoms with E-state index in [1.54, 1.807) is 44.2 Å². The molecule has 7 heteroatoms. The third-order valence-electron chi connectivity index (χ3n) is 6.04. The number of hydrogen-bond acceptors (Lipinski definition) is 2. The Labute approximate surface area is 178 Å². The van der Waals surface area contributed by atoms with Crippen molar-refractivity contribution in [1.82, 2.24) is 4.98 Å². The molecule has 0 fully saturated rings. The maximum atomic E-state index is 14.2. The fourth-order valence-electron chi connectivity index (χ4n) is 4.57. The molecule has 0 bridgehead atoms. The van der Waals surface area contributed by atoms with Crippen LogP contribution in [0.5, 0.6) is 5.75 Å². The second kappa shape index (κ2) is 7.31. The first-order valence-corrected chi connectivity index (χ1v) is 10.1. The number of para-hydroxylation sites is 2. The van der Waals surface area contributed by atoms with Crippen molar-refractivity contribution in [3.63, 3.8) is 0 Å². The molecule has 0 saturated carbocycles. The van der Waals surface area contributed by atoms with Crippen molar-refractivity contribution in [2.45, 2.75) is 50.3 Å². The molecule has 1 atom stereocenters. The standard InChI is InChI=1S/C24H23F3N2O2/c1-22(2,17-9-6-7-15-11-12-31-21(15)17)14-23(30,24(25,26)27)13-19-20(28-3)16-8-4-5-10-18(16)29-19/h4-10,29-30H,11-14H2,1-2H3. The van der Waals surface area contributed by atoms with Crippen molar-refractivity contribution in [3.8, 4) is 5.75 Å². The molecule has 4 nitrogen and oxygen atoms in total. The fourth-order valence-corrected chi connectivity index (χ4v) is 4.57. The van der Waals surface area contributed by atoms with Gasteiger partial charge < -0.3 is 14.8 Å². The zero-order valence-electron chi connectivity index (χ0n) is 17.3. The third-order valence-corrected chi connectivity index (χ3v) is 6.04. The van der Waals surface area contributed by atoms with Crippen LogP contribution in [0, 0.1) is 6.57 Å². The number of nitrogens with one attached hydrogen (secondary N) is 1. The van der Waals surface area contributed by atoms with E-state index in [-0.39, 0.29) is 11.4 Å². The summed E-state index contributed by atoms with van der Waals surface area (Å²) in [6, 6.07) is 12.3. The number of rotatable bonds is 5. The van der Waals surface area contributed by atoms with E-state index >= 15 is 0 Å². The number of aromatic nitrogens is 1. The number of nitrogens with zero attached hydrogens (tertiary/aromatic N) is 1. The fraction of sp³-hybridized carbons (Fsp3) is 0.375. The predicted octanol–water partition coefficient (Wildman–Crippen LogP) is 5.86. The Balaban J connectivity index is 1.75. The number of ether oxygens (including phenoxy) is 1. The van der Waals surface area contributed by atoms with Crippen molar-refractivity contribution in [3.05, 3.63) is 70.7 Å². The van der Waals surface area contributed by atoms with Gasteiger partial charge in [-0.15, -0.1) is 0 Å². The van der Waals surface area contributed by atoms with Gasteiger partial charge >= 0.3 is 6.18 Å². The van der Waals surface area contributed by atoms with E-state index in [0.29, 0.717) is 35.2 Å². The molecule has 1 unspecified atom stereocenters. The number of halogens is 3. The lowest BCUT2D eigenvalue weighted by atomic mass is 9.72. The first-order valence-electron chi connectivity index (χ1n) is 10.1. The average Bonchev–Trinajstić information content (AvgIpc) is 3.29. The van der Waals surface area contributed by atoms with Crippen LogP contribution in [0.25, 0.3) is 15.7 Å². The summed E-state index contributed by atoms with van der Waals surface area (Å²) in [4.78, 5) is 6.36. The van der Waals surface area contributed by atoms with Crippen molar-refractivity contribution in [2.75, 3.05) is 6.61 Å². The molecule has 0 amide bonds. The zero-order valence-corrected chi connectivity index (χ0v) is 17.3. The summed E-state index contributed by atoms with van der Waals surface area (Å²) in [5, 5.41) is 11.5. The number of aliphatic hydroxyl groups is 1. The number of alkyl halides is 3. The van der Waals surface area contributed by atoms with Crippen molar-refractivity contribution >= 4 is 16.6 Å². The van der Waals surface area contributed by atoms with Gasteiger partial charge in [-0.1, -0.05) is 50.2 Å². The van der Waals surface area contributed by atoms with Crippen LogP contribution in [-0.4, -0.2) is 28.5 Å². The van der Waals surface area contributed by atoms with Gasteiger partial charge in [0.2, 0.25) is 5.69 Å². The van der Waals surface area contributed by atoms with Gasteiger partial charge in [0, 0.05) is 35.0 Å². The first kappa shape index (κ1) is 21.3. The number of fused-ring (bicyclic) bond motifs is 2. The topological polar surface area (TPSA) is 49.6 Å². The highest BCUT2D eigenvalue weighted by Crippen LogP contribution is 2.47. The molecule has 1 aromatic heterocycles. The Morgan fingerprint density at radius 2 is 1.87 bits per heavy atom. The van der Waals surface area contributed by atoms with E-state index in [1.807, 2.05) is 12.1 Å². The summed E-state index contributed by atoms with van der Waals surface area (Å²) in [5.41, 5.74) is -1.68. The lowest BCUT2D eigenvalue weighted by molar-refractivity contribution is -0.266. The summed E-state index contributed by atoms with van der Waals surface area (Å²) >= 11 is 0. The highest BCUT2D eigenvalue weighted by atomic mass is 19.4. The Kier molecular flexibility index (Phi) is 5.01. The van der Waals surface area contributed by atoms with Crippen molar-refractivity contribution in [1.29, 1.82) is 0 Å². The number of benzene rings is 2. The van der Waals surface area contributed by atoms with Gasteiger partial charge in [-0.25, -0.2) is 4.85 Å². The van der Waals surface area contributed by atoms with E-state index < -0.39 is 30.0 Å². The molecule has 0 radical (unpaired) electrons. The highest BCUT2D eigenvalue weighted by molar-refractivity contribution is 5.94. The molecule has 3 aromatic rings. The van der Waals surface area contributed by atoms with Crippen LogP contribution in [0.2, 0.25) is 0 Å². The van der Waals surface area contributed by atoms with Crippen LogP contribution in [0.3, 0.4) is 0 Å². The van der Waals surface area contributed by atoms with Gasteiger partial charge in [0.05, 0.1) is 13.2 Å². The van der Waals surface area contributed by atoms with Crippen LogP contribution in [0.4, 0.5) is 18.9 Å². The van der Waals surface area contributed by atoms with Crippen LogP contribution in [0.1, 0.15) is 37.1 Å². The molecule has 1 aliphatic rings. The summed E-state index contributed by atoms with van der Waals surface area (Å²) in [6.45, 7) is 11.3. The SMILES string of the molecule is [C-]#[N+]c1c(CC(O)(CC(C)(C)c2cccc3c2OCC3)C(F)(F)F)[nH]c2ccccc12. The summed E-state index contributed by atoms with van der Waals surface area (Å²) in [6.07, 6.45) is -5.48. The Morgan fingerprint density at radius 3 is 2.58 bits per heavy atom. The van der Waals surface area contributed by atoms with E-state index in [1.165, 1.54) is 0 Å². The van der Waals surface area contributed by atoms with Gasteiger partial charge in [0.15, 0.2) is 5.60 Å². The molecular weight excluding hydrogens is 405 g/mol. The Bertz CT molecular complexity index is 1170. The van der Waals surface area contributed by atoms with E-state index in [4.69, 9.17) is 11.3 Å². The number of aromatic amines is 1. The Hall–Kier alpha value is -2.98. The van der Waals surface area contributed by atoms with E-state index in [0.717, 1.165) is 5.56 Å². The molecule has 2 N–H and O–H groups in total. The zero-order chi connectivity index (χ0) is 22.4. The minimum absolute atomic E-state index is 0.0846. The maximum absolute atomic E-state index is 14.2. The van der Waals surface area contributed by atoms with Gasteiger partial charge in [-0.3, -0.25) is 0 Å². The minimum atomic E-state index is -4.89. The molecule has 2 aromatic carbocycles. The molecule has 2 heterocycles. The molecule has 162 valence electrons. The number of H-pyrrole nitrogens is 1. The first-order chi connectivity index (χ1) is 14.6. The normalized spacial score (nSPS) is 15.9. The molecule has 0 saturated heterocycles. The predicted molar refractivity (Wildman–Crippen MR) is 113 cm³/mol. The van der Waals surface area contributed by atoms with Crippen molar-refractivity contribution < 1.29 is 23.0 Å². The van der Waals surface area contributed by atoms with Gasteiger partial charge in [0.25, 0.3) is 0 Å². The van der Waals surface area contributed by atoms with Crippen LogP contribution in [0.15, 0.2) is 42.5 Å². The average molecular weight is 428 g/mol.